The highest BCUT2D eigenvalue weighted by atomic mass is 32.1. The highest BCUT2D eigenvalue weighted by Crippen LogP contribution is 2.13. The molecule has 2 aromatic rings. The van der Waals surface area contributed by atoms with Gasteiger partial charge in [-0.1, -0.05) is 12.1 Å². The summed E-state index contributed by atoms with van der Waals surface area (Å²) in [6.07, 6.45) is 1.22. The Balaban J connectivity index is 1.78. The van der Waals surface area contributed by atoms with Crippen LogP contribution in [0.2, 0.25) is 0 Å². The minimum atomic E-state index is -0.633. The van der Waals surface area contributed by atoms with Crippen molar-refractivity contribution in [3.05, 3.63) is 45.9 Å². The van der Waals surface area contributed by atoms with E-state index in [1.807, 2.05) is 51.2 Å². The van der Waals surface area contributed by atoms with Crippen molar-refractivity contribution in [1.82, 2.24) is 15.6 Å². The van der Waals surface area contributed by atoms with E-state index in [0.717, 1.165) is 22.9 Å². The van der Waals surface area contributed by atoms with Crippen molar-refractivity contribution in [3.8, 4) is 5.75 Å². The Morgan fingerprint density at radius 1 is 1.36 bits per heavy atom. The number of rotatable bonds is 8. The molecular weight excluding hydrogens is 336 g/mol. The number of guanidine groups is 1. The van der Waals surface area contributed by atoms with Gasteiger partial charge < -0.3 is 20.5 Å². The third kappa shape index (κ3) is 7.11. The SMILES string of the molecule is CCNC(=NCc1ncc(C)s1)NCC(O)COc1cccc(C)c1. The molecule has 0 aliphatic heterocycles. The summed E-state index contributed by atoms with van der Waals surface area (Å²) in [6.45, 7) is 7.88. The van der Waals surface area contributed by atoms with Gasteiger partial charge in [0.15, 0.2) is 5.96 Å². The van der Waals surface area contributed by atoms with Crippen LogP contribution in [0.15, 0.2) is 35.5 Å². The second-order valence-corrected chi connectivity index (χ2v) is 7.04. The van der Waals surface area contributed by atoms with Crippen LogP contribution in [0.5, 0.6) is 5.75 Å². The molecule has 0 saturated carbocycles. The summed E-state index contributed by atoms with van der Waals surface area (Å²) in [4.78, 5) is 9.96. The van der Waals surface area contributed by atoms with E-state index in [0.29, 0.717) is 19.0 Å². The Kier molecular flexibility index (Phi) is 7.69. The van der Waals surface area contributed by atoms with Gasteiger partial charge in [0.1, 0.15) is 23.5 Å². The molecule has 1 atom stereocenters. The Labute approximate surface area is 153 Å². The summed E-state index contributed by atoms with van der Waals surface area (Å²) >= 11 is 1.64. The fourth-order valence-electron chi connectivity index (χ4n) is 2.13. The van der Waals surface area contributed by atoms with Crippen LogP contribution in [0, 0.1) is 13.8 Å². The van der Waals surface area contributed by atoms with Gasteiger partial charge in [0.2, 0.25) is 0 Å². The summed E-state index contributed by atoms with van der Waals surface area (Å²) in [5.41, 5.74) is 1.13. The third-order valence-electron chi connectivity index (χ3n) is 3.32. The number of benzene rings is 1. The van der Waals surface area contributed by atoms with E-state index in [2.05, 4.69) is 20.6 Å². The number of nitrogens with zero attached hydrogens (tertiary/aromatic N) is 2. The summed E-state index contributed by atoms with van der Waals surface area (Å²) in [5, 5.41) is 17.4. The quantitative estimate of drug-likeness (QED) is 0.496. The number of aliphatic imine (C=N–C) groups is 1. The fourth-order valence-corrected chi connectivity index (χ4v) is 2.85. The van der Waals surface area contributed by atoms with E-state index in [9.17, 15) is 5.11 Å². The molecule has 0 radical (unpaired) electrons. The van der Waals surface area contributed by atoms with Crippen LogP contribution in [-0.2, 0) is 6.54 Å². The molecule has 3 N–H and O–H groups in total. The van der Waals surface area contributed by atoms with E-state index in [1.54, 1.807) is 11.3 Å². The number of nitrogens with one attached hydrogen (secondary N) is 2. The number of thiazole rings is 1. The Morgan fingerprint density at radius 2 is 2.20 bits per heavy atom. The van der Waals surface area contributed by atoms with Crippen molar-refractivity contribution < 1.29 is 9.84 Å². The number of hydrogen-bond acceptors (Lipinski definition) is 5. The molecule has 0 fully saturated rings. The summed E-state index contributed by atoms with van der Waals surface area (Å²) in [6, 6.07) is 7.77. The van der Waals surface area contributed by atoms with Gasteiger partial charge >= 0.3 is 0 Å². The van der Waals surface area contributed by atoms with Crippen LogP contribution in [0.4, 0.5) is 0 Å². The van der Waals surface area contributed by atoms with E-state index in [1.165, 1.54) is 4.88 Å². The lowest BCUT2D eigenvalue weighted by Gasteiger charge is -2.16. The molecule has 1 unspecified atom stereocenters. The number of aliphatic hydroxyl groups is 1. The molecule has 6 nitrogen and oxygen atoms in total. The maximum absolute atomic E-state index is 10.1. The summed E-state index contributed by atoms with van der Waals surface area (Å²) in [7, 11) is 0. The lowest BCUT2D eigenvalue weighted by Crippen LogP contribution is -2.42. The number of ether oxygens (including phenoxy) is 1. The van der Waals surface area contributed by atoms with Gasteiger partial charge in [0, 0.05) is 24.2 Å². The second kappa shape index (κ2) is 10.0. The third-order valence-corrected chi connectivity index (χ3v) is 4.22. The average molecular weight is 362 g/mol. The monoisotopic (exact) mass is 362 g/mol. The van der Waals surface area contributed by atoms with Gasteiger partial charge in [-0.15, -0.1) is 11.3 Å². The second-order valence-electron chi connectivity index (χ2n) is 5.72. The van der Waals surface area contributed by atoms with Crippen LogP contribution in [-0.4, -0.2) is 41.9 Å². The molecule has 1 heterocycles. The number of aryl methyl sites for hydroxylation is 2. The highest BCUT2D eigenvalue weighted by molar-refractivity contribution is 7.11. The van der Waals surface area contributed by atoms with Crippen LogP contribution in [0.3, 0.4) is 0 Å². The Morgan fingerprint density at radius 3 is 2.88 bits per heavy atom. The van der Waals surface area contributed by atoms with Gasteiger partial charge in [-0.3, -0.25) is 0 Å². The number of aliphatic hydroxyl groups excluding tert-OH is 1. The first-order chi connectivity index (χ1) is 12.1. The fraction of sp³-hybridized carbons (Fsp3) is 0.444. The lowest BCUT2D eigenvalue weighted by atomic mass is 10.2. The molecular formula is C18H26N4O2S. The van der Waals surface area contributed by atoms with Crippen molar-refractivity contribution in [1.29, 1.82) is 0 Å². The summed E-state index contributed by atoms with van der Waals surface area (Å²) < 4.78 is 5.61. The van der Waals surface area contributed by atoms with Gasteiger partial charge in [-0.25, -0.2) is 9.98 Å². The molecule has 0 bridgehead atoms. The van der Waals surface area contributed by atoms with Crippen molar-refractivity contribution in [2.45, 2.75) is 33.4 Å². The van der Waals surface area contributed by atoms with Crippen molar-refractivity contribution in [2.75, 3.05) is 19.7 Å². The molecule has 1 aromatic carbocycles. The smallest absolute Gasteiger partial charge is 0.191 e. The first-order valence-corrected chi connectivity index (χ1v) is 9.19. The predicted molar refractivity (Wildman–Crippen MR) is 102 cm³/mol. The van der Waals surface area contributed by atoms with Crippen LogP contribution < -0.4 is 15.4 Å². The summed E-state index contributed by atoms with van der Waals surface area (Å²) in [5.74, 6) is 1.42. The molecule has 25 heavy (non-hydrogen) atoms. The molecule has 0 aliphatic rings. The average Bonchev–Trinajstić information content (AvgIpc) is 3.01. The van der Waals surface area contributed by atoms with Crippen molar-refractivity contribution in [2.24, 2.45) is 4.99 Å². The molecule has 0 aliphatic carbocycles. The van der Waals surface area contributed by atoms with Crippen molar-refractivity contribution in [3.63, 3.8) is 0 Å². The maximum atomic E-state index is 10.1. The highest BCUT2D eigenvalue weighted by Gasteiger charge is 2.07. The van der Waals surface area contributed by atoms with Crippen LogP contribution in [0.25, 0.3) is 0 Å². The van der Waals surface area contributed by atoms with Gasteiger partial charge in [-0.05, 0) is 38.5 Å². The topological polar surface area (TPSA) is 78.8 Å². The van der Waals surface area contributed by atoms with E-state index in [-0.39, 0.29) is 6.61 Å². The molecule has 0 amide bonds. The Bertz CT molecular complexity index is 687. The number of hydrogen-bond donors (Lipinski definition) is 3. The van der Waals surface area contributed by atoms with Gasteiger partial charge in [0.05, 0.1) is 6.54 Å². The predicted octanol–water partition coefficient (Wildman–Crippen LogP) is 2.25. The van der Waals surface area contributed by atoms with E-state index < -0.39 is 6.10 Å². The zero-order chi connectivity index (χ0) is 18.1. The van der Waals surface area contributed by atoms with E-state index >= 15 is 0 Å². The molecule has 2 rings (SSSR count). The lowest BCUT2D eigenvalue weighted by molar-refractivity contribution is 0.110. The van der Waals surface area contributed by atoms with E-state index in [4.69, 9.17) is 4.74 Å². The minimum absolute atomic E-state index is 0.224. The maximum Gasteiger partial charge on any atom is 0.191 e. The zero-order valence-electron chi connectivity index (χ0n) is 15.0. The molecule has 0 saturated heterocycles. The van der Waals surface area contributed by atoms with Gasteiger partial charge in [-0.2, -0.15) is 0 Å². The van der Waals surface area contributed by atoms with Crippen LogP contribution in [0.1, 0.15) is 22.4 Å². The standard InChI is InChI=1S/C18H26N4O2S/c1-4-19-18(22-11-17-20-9-14(3)25-17)21-10-15(23)12-24-16-7-5-6-13(2)8-16/h5-9,15,23H,4,10-12H2,1-3H3,(H2,19,21,22). The molecule has 7 heteroatoms. The first kappa shape index (κ1) is 19.2. The normalized spacial score (nSPS) is 12.7. The first-order valence-electron chi connectivity index (χ1n) is 8.38. The molecule has 1 aromatic heterocycles. The van der Waals surface area contributed by atoms with Crippen LogP contribution >= 0.6 is 11.3 Å². The number of aromatic nitrogens is 1. The molecule has 0 spiro atoms. The largest absolute Gasteiger partial charge is 0.491 e. The zero-order valence-corrected chi connectivity index (χ0v) is 15.8. The molecule has 136 valence electrons. The Hall–Kier alpha value is -2.12. The van der Waals surface area contributed by atoms with Gasteiger partial charge in [0.25, 0.3) is 0 Å². The van der Waals surface area contributed by atoms with Crippen molar-refractivity contribution >= 4 is 17.3 Å². The minimum Gasteiger partial charge on any atom is -0.491 e.